The van der Waals surface area contributed by atoms with Crippen molar-refractivity contribution in [1.82, 2.24) is 10.2 Å². The van der Waals surface area contributed by atoms with Gasteiger partial charge in [-0.05, 0) is 25.5 Å². The number of nitrogens with one attached hydrogen (secondary N) is 1. The summed E-state index contributed by atoms with van der Waals surface area (Å²) in [5.41, 5.74) is 1.03. The van der Waals surface area contributed by atoms with Crippen LogP contribution in [-0.2, 0) is 20.4 Å². The summed E-state index contributed by atoms with van der Waals surface area (Å²) in [6.45, 7) is 4.38. The molecule has 0 spiro atoms. The molecule has 0 radical (unpaired) electrons. The zero-order valence-corrected chi connectivity index (χ0v) is 18.0. The molecule has 0 bridgehead atoms. The molecule has 0 unspecified atom stereocenters. The second kappa shape index (κ2) is 12.9. The van der Waals surface area contributed by atoms with Gasteiger partial charge in [0.1, 0.15) is 0 Å². The second-order valence-electron chi connectivity index (χ2n) is 6.77. The molecule has 1 aromatic rings. The highest BCUT2D eigenvalue weighted by molar-refractivity contribution is 7.52. The van der Waals surface area contributed by atoms with E-state index in [1.54, 1.807) is 7.05 Å². The Morgan fingerprint density at radius 1 is 1.00 bits per heavy atom. The third-order valence-electron chi connectivity index (χ3n) is 4.25. The highest BCUT2D eigenvalue weighted by Crippen LogP contribution is 2.39. The van der Waals surface area contributed by atoms with Crippen LogP contribution in [0, 0.1) is 0 Å². The molecule has 1 aliphatic heterocycles. The Morgan fingerprint density at radius 3 is 1.86 bits per heavy atom. The molecule has 28 heavy (non-hydrogen) atoms. The summed E-state index contributed by atoms with van der Waals surface area (Å²) in [5.74, 6) is 0. The van der Waals surface area contributed by atoms with Crippen LogP contribution in [0.5, 0.6) is 0 Å². The Labute approximate surface area is 166 Å². The van der Waals surface area contributed by atoms with Gasteiger partial charge in [0.05, 0.1) is 25.5 Å². The van der Waals surface area contributed by atoms with Gasteiger partial charge in [0.25, 0.3) is 0 Å². The van der Waals surface area contributed by atoms with E-state index < -0.39 is 15.2 Å². The van der Waals surface area contributed by atoms with Crippen LogP contribution >= 0.6 is 15.2 Å². The maximum atomic E-state index is 11.0. The SMILES string of the molecule is C1COCCN1.CN(Cc1ccccc1)C(CCP(=O)(O)O)CCP(=O)(O)O. The van der Waals surface area contributed by atoms with E-state index in [1.165, 1.54) is 0 Å². The summed E-state index contributed by atoms with van der Waals surface area (Å²) in [6.07, 6.45) is -0.211. The first-order chi connectivity index (χ1) is 13.1. The lowest BCUT2D eigenvalue weighted by Gasteiger charge is -2.28. The van der Waals surface area contributed by atoms with Gasteiger partial charge in [-0.15, -0.1) is 0 Å². The van der Waals surface area contributed by atoms with E-state index in [4.69, 9.17) is 24.3 Å². The number of ether oxygens (including phenoxy) is 1. The van der Waals surface area contributed by atoms with E-state index in [2.05, 4.69) is 5.32 Å². The van der Waals surface area contributed by atoms with Crippen LogP contribution < -0.4 is 5.32 Å². The molecule has 0 amide bonds. The molecule has 1 heterocycles. The predicted octanol–water partition coefficient (Wildman–Crippen LogP) is 1.23. The predicted molar refractivity (Wildman–Crippen MR) is 108 cm³/mol. The molecule has 1 saturated heterocycles. The van der Waals surface area contributed by atoms with Crippen LogP contribution in [-0.4, -0.2) is 76.2 Å². The van der Waals surface area contributed by atoms with E-state index >= 15 is 0 Å². The molecule has 5 N–H and O–H groups in total. The van der Waals surface area contributed by atoms with E-state index in [0.29, 0.717) is 6.54 Å². The molecule has 0 aromatic heterocycles. The smallest absolute Gasteiger partial charge is 0.325 e. The van der Waals surface area contributed by atoms with E-state index in [-0.39, 0.29) is 31.2 Å². The molecular formula is C17H32N2O7P2. The highest BCUT2D eigenvalue weighted by Gasteiger charge is 2.24. The monoisotopic (exact) mass is 438 g/mol. The maximum Gasteiger partial charge on any atom is 0.325 e. The topological polar surface area (TPSA) is 140 Å². The summed E-state index contributed by atoms with van der Waals surface area (Å²) >= 11 is 0. The quantitative estimate of drug-likeness (QED) is 0.360. The van der Waals surface area contributed by atoms with Gasteiger partial charge in [0.2, 0.25) is 0 Å². The molecule has 1 fully saturated rings. The van der Waals surface area contributed by atoms with Gasteiger partial charge in [-0.2, -0.15) is 0 Å². The molecule has 0 aliphatic carbocycles. The van der Waals surface area contributed by atoms with E-state index in [0.717, 1.165) is 31.9 Å². The Bertz CT molecular complexity index is 594. The Morgan fingerprint density at radius 2 is 1.50 bits per heavy atom. The number of nitrogens with zero attached hydrogens (tertiary/aromatic N) is 1. The van der Waals surface area contributed by atoms with Crippen LogP contribution in [0.4, 0.5) is 0 Å². The van der Waals surface area contributed by atoms with Gasteiger partial charge in [-0.1, -0.05) is 30.3 Å². The fourth-order valence-corrected chi connectivity index (χ4v) is 4.00. The first-order valence-corrected chi connectivity index (χ1v) is 12.8. The summed E-state index contributed by atoms with van der Waals surface area (Å²) in [6, 6.07) is 9.23. The Balaban J connectivity index is 0.000000552. The Kier molecular flexibility index (Phi) is 11.7. The number of benzene rings is 1. The number of hydrogen-bond acceptors (Lipinski definition) is 5. The normalized spacial score (nSPS) is 15.4. The molecule has 1 aromatic carbocycles. The molecular weight excluding hydrogens is 406 g/mol. The molecule has 162 valence electrons. The van der Waals surface area contributed by atoms with Gasteiger partial charge in [0, 0.05) is 25.7 Å². The summed E-state index contributed by atoms with van der Waals surface area (Å²) < 4.78 is 27.1. The zero-order chi connectivity index (χ0) is 21.0. The lowest BCUT2D eigenvalue weighted by Crippen LogP contribution is -2.33. The first-order valence-electron chi connectivity index (χ1n) is 9.18. The minimum atomic E-state index is -4.13. The van der Waals surface area contributed by atoms with E-state index in [9.17, 15) is 9.13 Å². The minimum absolute atomic E-state index is 0.188. The van der Waals surface area contributed by atoms with Crippen molar-refractivity contribution in [3.63, 3.8) is 0 Å². The average molecular weight is 438 g/mol. The largest absolute Gasteiger partial charge is 0.379 e. The highest BCUT2D eigenvalue weighted by atomic mass is 31.2. The lowest BCUT2D eigenvalue weighted by molar-refractivity contribution is 0.109. The molecule has 1 aliphatic rings. The third kappa shape index (κ3) is 13.6. The lowest BCUT2D eigenvalue weighted by atomic mass is 10.1. The molecule has 11 heteroatoms. The van der Waals surface area contributed by atoms with Crippen LogP contribution in [0.1, 0.15) is 18.4 Å². The zero-order valence-electron chi connectivity index (χ0n) is 16.2. The molecule has 2 rings (SSSR count). The van der Waals surface area contributed by atoms with Crippen LogP contribution in [0.15, 0.2) is 30.3 Å². The van der Waals surface area contributed by atoms with Gasteiger partial charge in [-0.3, -0.25) is 14.0 Å². The van der Waals surface area contributed by atoms with Crippen molar-refractivity contribution in [2.75, 3.05) is 45.7 Å². The van der Waals surface area contributed by atoms with Crippen LogP contribution in [0.3, 0.4) is 0 Å². The van der Waals surface area contributed by atoms with Crippen molar-refractivity contribution in [3.8, 4) is 0 Å². The van der Waals surface area contributed by atoms with E-state index in [1.807, 2.05) is 35.2 Å². The van der Waals surface area contributed by atoms with Crippen molar-refractivity contribution in [3.05, 3.63) is 35.9 Å². The average Bonchev–Trinajstić information content (AvgIpc) is 2.62. The molecule has 9 nitrogen and oxygen atoms in total. The fraction of sp³-hybridized carbons (Fsp3) is 0.647. The first kappa shape index (κ1) is 25.4. The van der Waals surface area contributed by atoms with Crippen LogP contribution in [0.25, 0.3) is 0 Å². The van der Waals surface area contributed by atoms with Gasteiger partial charge in [0.15, 0.2) is 0 Å². The summed E-state index contributed by atoms with van der Waals surface area (Å²) in [7, 11) is -6.46. The number of morpholine rings is 1. The third-order valence-corrected chi connectivity index (χ3v) is 5.93. The maximum absolute atomic E-state index is 11.0. The van der Waals surface area contributed by atoms with Gasteiger partial charge in [-0.25, -0.2) is 0 Å². The van der Waals surface area contributed by atoms with Crippen molar-refractivity contribution in [2.24, 2.45) is 0 Å². The fourth-order valence-electron chi connectivity index (χ4n) is 2.74. The van der Waals surface area contributed by atoms with Crippen LogP contribution in [0.2, 0.25) is 0 Å². The van der Waals surface area contributed by atoms with Crippen molar-refractivity contribution in [2.45, 2.75) is 25.4 Å². The minimum Gasteiger partial charge on any atom is -0.379 e. The molecule has 0 saturated carbocycles. The van der Waals surface area contributed by atoms with Crippen molar-refractivity contribution in [1.29, 1.82) is 0 Å². The molecule has 0 atom stereocenters. The second-order valence-corrected chi connectivity index (χ2v) is 10.3. The number of rotatable bonds is 9. The number of hydrogen-bond donors (Lipinski definition) is 5. The Hall–Kier alpha value is -0.600. The van der Waals surface area contributed by atoms with Crippen molar-refractivity contribution < 1.29 is 33.4 Å². The summed E-state index contributed by atoms with van der Waals surface area (Å²) in [4.78, 5) is 37.9. The standard InChI is InChI=1S/C13H23NO6P2.C4H9NO/c1-14(11-12-5-3-2-4-6-12)13(7-9-21(15,16)17)8-10-22(18,19)20;1-3-6-4-2-5-1/h2-6,13H,7-11H2,1H3,(H2,15,16,17)(H2,18,19,20);5H,1-4H2. The van der Waals surface area contributed by atoms with Crippen molar-refractivity contribution >= 4 is 15.2 Å². The summed E-state index contributed by atoms with van der Waals surface area (Å²) in [5, 5.41) is 3.16. The van der Waals surface area contributed by atoms with Gasteiger partial charge < -0.3 is 29.6 Å². The van der Waals surface area contributed by atoms with Gasteiger partial charge >= 0.3 is 15.2 Å².